The molecule has 0 spiro atoms. The van der Waals surface area contributed by atoms with Crippen molar-refractivity contribution in [1.29, 1.82) is 0 Å². The predicted molar refractivity (Wildman–Crippen MR) is 139 cm³/mol. The number of ether oxygens (including phenoxy) is 2. The van der Waals surface area contributed by atoms with Crippen LogP contribution in [-0.2, 0) is 6.42 Å². The van der Waals surface area contributed by atoms with Gasteiger partial charge >= 0.3 is 0 Å². The number of benzene rings is 1. The van der Waals surface area contributed by atoms with E-state index in [0.29, 0.717) is 12.8 Å². The second-order valence-electron chi connectivity index (χ2n) is 9.20. The van der Waals surface area contributed by atoms with E-state index in [1.807, 2.05) is 52.8 Å². The number of methoxy groups -OCH3 is 2. The second kappa shape index (κ2) is 14.8. The summed E-state index contributed by atoms with van der Waals surface area (Å²) in [5, 5.41) is 20.7. The maximum Gasteiger partial charge on any atom is 0.125 e. The number of allylic oxidation sites excluding steroid dienone is 4. The minimum atomic E-state index is -0.511. The van der Waals surface area contributed by atoms with Crippen LogP contribution in [0, 0.1) is 6.92 Å². The monoisotopic (exact) mass is 456 g/mol. The summed E-state index contributed by atoms with van der Waals surface area (Å²) in [5.41, 5.74) is 6.63. The highest BCUT2D eigenvalue weighted by Gasteiger charge is 2.09. The molecule has 0 saturated heterocycles. The number of aliphatic hydroxyl groups excluding tert-OH is 2. The molecule has 33 heavy (non-hydrogen) atoms. The Morgan fingerprint density at radius 2 is 1.64 bits per heavy atom. The molecule has 0 aliphatic rings. The normalized spacial score (nSPS) is 14.7. The van der Waals surface area contributed by atoms with E-state index in [1.165, 1.54) is 5.57 Å². The van der Waals surface area contributed by atoms with Crippen molar-refractivity contribution in [3.05, 3.63) is 69.9 Å². The zero-order valence-corrected chi connectivity index (χ0v) is 21.9. The number of rotatable bonds is 13. The van der Waals surface area contributed by atoms with Gasteiger partial charge in [-0.25, -0.2) is 0 Å². The molecule has 0 heterocycles. The summed E-state index contributed by atoms with van der Waals surface area (Å²) in [6, 6.07) is 3.97. The number of aliphatic hydroxyl groups is 2. The van der Waals surface area contributed by atoms with Crippen molar-refractivity contribution in [1.82, 2.24) is 0 Å². The van der Waals surface area contributed by atoms with Crippen LogP contribution in [0.3, 0.4) is 0 Å². The van der Waals surface area contributed by atoms with Gasteiger partial charge in [0.05, 0.1) is 26.4 Å². The molecule has 0 bridgehead atoms. The lowest BCUT2D eigenvalue weighted by molar-refractivity contribution is 0.213. The number of aryl methyl sites for hydroxylation is 1. The first-order valence-corrected chi connectivity index (χ1v) is 11.8. The van der Waals surface area contributed by atoms with Crippen LogP contribution in [0.25, 0.3) is 0 Å². The van der Waals surface area contributed by atoms with Crippen LogP contribution in [0.1, 0.15) is 71.4 Å². The maximum atomic E-state index is 10.5. The van der Waals surface area contributed by atoms with E-state index in [1.54, 1.807) is 14.2 Å². The van der Waals surface area contributed by atoms with Crippen LogP contribution >= 0.6 is 0 Å². The SMILES string of the molecule is COc1cc(C)c(OC)c(C/C=C(\C)C[C@@H](O)/C=C(\C)CC/C=C(\C)[C@H](O)CC=C(C)C)c1. The van der Waals surface area contributed by atoms with Crippen molar-refractivity contribution >= 4 is 0 Å². The Kier molecular flexibility index (Phi) is 12.9. The molecule has 2 N–H and O–H groups in total. The van der Waals surface area contributed by atoms with Gasteiger partial charge in [-0.2, -0.15) is 0 Å². The fourth-order valence-corrected chi connectivity index (χ4v) is 3.74. The van der Waals surface area contributed by atoms with Crippen LogP contribution in [0.4, 0.5) is 0 Å². The third kappa shape index (κ3) is 10.9. The first kappa shape index (κ1) is 28.7. The van der Waals surface area contributed by atoms with Crippen molar-refractivity contribution in [2.24, 2.45) is 0 Å². The maximum absolute atomic E-state index is 10.5. The van der Waals surface area contributed by atoms with Gasteiger partial charge in [0.1, 0.15) is 11.5 Å². The second-order valence-corrected chi connectivity index (χ2v) is 9.20. The van der Waals surface area contributed by atoms with Crippen molar-refractivity contribution in [3.8, 4) is 11.5 Å². The molecule has 4 heteroatoms. The van der Waals surface area contributed by atoms with Crippen molar-refractivity contribution in [2.75, 3.05) is 14.2 Å². The molecule has 0 aliphatic heterocycles. The zero-order valence-electron chi connectivity index (χ0n) is 21.9. The first-order valence-electron chi connectivity index (χ1n) is 11.8. The summed E-state index contributed by atoms with van der Waals surface area (Å²) < 4.78 is 11.0. The molecular weight excluding hydrogens is 412 g/mol. The van der Waals surface area contributed by atoms with E-state index < -0.39 is 12.2 Å². The Bertz CT molecular complexity index is 870. The quantitative estimate of drug-likeness (QED) is 0.327. The Labute approximate surface area is 201 Å². The fraction of sp³-hybridized carbons (Fsp3) is 0.517. The van der Waals surface area contributed by atoms with E-state index in [9.17, 15) is 10.2 Å². The molecule has 0 aromatic heterocycles. The molecule has 0 radical (unpaired) electrons. The number of hydrogen-bond donors (Lipinski definition) is 2. The van der Waals surface area contributed by atoms with Gasteiger partial charge < -0.3 is 19.7 Å². The molecular formula is C29H44O4. The molecule has 1 aromatic carbocycles. The molecule has 0 aliphatic carbocycles. The van der Waals surface area contributed by atoms with E-state index in [0.717, 1.165) is 58.6 Å². The topological polar surface area (TPSA) is 58.9 Å². The van der Waals surface area contributed by atoms with E-state index in [2.05, 4.69) is 25.2 Å². The molecule has 0 unspecified atom stereocenters. The highest BCUT2D eigenvalue weighted by Crippen LogP contribution is 2.29. The van der Waals surface area contributed by atoms with Gasteiger partial charge in [-0.1, -0.05) is 41.0 Å². The minimum absolute atomic E-state index is 0.422. The lowest BCUT2D eigenvalue weighted by Crippen LogP contribution is -2.06. The van der Waals surface area contributed by atoms with Gasteiger partial charge in [0.15, 0.2) is 0 Å². The molecule has 1 aromatic rings. The van der Waals surface area contributed by atoms with Crippen LogP contribution < -0.4 is 9.47 Å². The van der Waals surface area contributed by atoms with Gasteiger partial charge in [0.25, 0.3) is 0 Å². The minimum Gasteiger partial charge on any atom is -0.497 e. The highest BCUT2D eigenvalue weighted by atomic mass is 16.5. The average Bonchev–Trinajstić information content (AvgIpc) is 2.75. The molecule has 0 saturated carbocycles. The van der Waals surface area contributed by atoms with Crippen LogP contribution in [-0.4, -0.2) is 36.6 Å². The molecule has 2 atom stereocenters. The Morgan fingerprint density at radius 1 is 0.939 bits per heavy atom. The standard InChI is InChI=1S/C29H44O4/c1-20(2)12-15-28(31)23(5)11-9-10-21(3)16-26(30)17-22(4)13-14-25-19-27(32-7)18-24(6)29(25)33-8/h11-13,16,18-19,26,28,30-31H,9-10,14-15,17H2,1-8H3/b21-16+,22-13+,23-11+/t26-,28+/m0/s1. The van der Waals surface area contributed by atoms with Gasteiger partial charge in [-0.15, -0.1) is 0 Å². The van der Waals surface area contributed by atoms with Crippen LogP contribution in [0.5, 0.6) is 11.5 Å². The largest absolute Gasteiger partial charge is 0.497 e. The van der Waals surface area contributed by atoms with E-state index in [4.69, 9.17) is 9.47 Å². The molecule has 1 rings (SSSR count). The fourth-order valence-electron chi connectivity index (χ4n) is 3.74. The molecule has 0 amide bonds. The van der Waals surface area contributed by atoms with Gasteiger partial charge in [-0.3, -0.25) is 0 Å². The predicted octanol–water partition coefficient (Wildman–Crippen LogP) is 6.64. The third-order valence-corrected chi connectivity index (χ3v) is 5.72. The summed E-state index contributed by atoms with van der Waals surface area (Å²) in [6.45, 7) is 12.2. The summed E-state index contributed by atoms with van der Waals surface area (Å²) in [4.78, 5) is 0. The Hall–Kier alpha value is -2.30. The highest BCUT2D eigenvalue weighted by molar-refractivity contribution is 5.47. The average molecular weight is 457 g/mol. The third-order valence-electron chi connectivity index (χ3n) is 5.72. The van der Waals surface area contributed by atoms with Gasteiger partial charge in [0, 0.05) is 5.56 Å². The van der Waals surface area contributed by atoms with Gasteiger partial charge in [0.2, 0.25) is 0 Å². The van der Waals surface area contributed by atoms with E-state index >= 15 is 0 Å². The molecule has 184 valence electrons. The Balaban J connectivity index is 2.64. The first-order chi connectivity index (χ1) is 15.6. The van der Waals surface area contributed by atoms with Crippen LogP contribution in [0.2, 0.25) is 0 Å². The summed E-state index contributed by atoms with van der Waals surface area (Å²) in [7, 11) is 3.35. The van der Waals surface area contributed by atoms with Crippen LogP contribution in [0.15, 0.2) is 58.7 Å². The molecule has 0 fully saturated rings. The lowest BCUT2D eigenvalue weighted by Gasteiger charge is -2.13. The van der Waals surface area contributed by atoms with Crippen molar-refractivity contribution in [2.45, 2.75) is 85.9 Å². The smallest absolute Gasteiger partial charge is 0.125 e. The van der Waals surface area contributed by atoms with Gasteiger partial charge in [-0.05, 0) is 96.9 Å². The molecule has 4 nitrogen and oxygen atoms in total. The summed E-state index contributed by atoms with van der Waals surface area (Å²) in [6.07, 6.45) is 11.0. The zero-order chi connectivity index (χ0) is 25.0. The Morgan fingerprint density at radius 3 is 2.24 bits per heavy atom. The van der Waals surface area contributed by atoms with E-state index in [-0.39, 0.29) is 0 Å². The van der Waals surface area contributed by atoms with Crippen molar-refractivity contribution < 1.29 is 19.7 Å². The summed E-state index contributed by atoms with van der Waals surface area (Å²) in [5.74, 6) is 1.70. The summed E-state index contributed by atoms with van der Waals surface area (Å²) >= 11 is 0. The number of hydrogen-bond acceptors (Lipinski definition) is 4. The lowest BCUT2D eigenvalue weighted by atomic mass is 10.0. The van der Waals surface area contributed by atoms with Crippen molar-refractivity contribution in [3.63, 3.8) is 0 Å².